The molecule has 2 heteroatoms. The van der Waals surface area contributed by atoms with Gasteiger partial charge in [-0.3, -0.25) is 0 Å². The van der Waals surface area contributed by atoms with Gasteiger partial charge in [0.2, 0.25) is 0 Å². The molecule has 17 heavy (non-hydrogen) atoms. The second kappa shape index (κ2) is 9.90. The van der Waals surface area contributed by atoms with Crippen molar-refractivity contribution in [1.29, 1.82) is 0 Å². The second-order valence-corrected chi connectivity index (χ2v) is 5.46. The minimum Gasteiger partial charge on any atom is -0.381 e. The van der Waals surface area contributed by atoms with E-state index < -0.39 is 0 Å². The van der Waals surface area contributed by atoms with Crippen LogP contribution in [0.2, 0.25) is 0 Å². The zero-order valence-corrected chi connectivity index (χ0v) is 11.8. The van der Waals surface area contributed by atoms with Crippen LogP contribution in [0.3, 0.4) is 0 Å². The Bertz CT molecular complexity index is 166. The van der Waals surface area contributed by atoms with Gasteiger partial charge in [0.1, 0.15) is 0 Å². The second-order valence-electron chi connectivity index (χ2n) is 5.46. The van der Waals surface area contributed by atoms with Gasteiger partial charge in [0, 0.05) is 19.3 Å². The van der Waals surface area contributed by atoms with Gasteiger partial charge in [0.05, 0.1) is 0 Å². The zero-order chi connectivity index (χ0) is 12.3. The molecular weight excluding hydrogens is 210 g/mol. The van der Waals surface area contributed by atoms with Gasteiger partial charge in [0.25, 0.3) is 0 Å². The van der Waals surface area contributed by atoms with Crippen LogP contribution in [0.4, 0.5) is 0 Å². The van der Waals surface area contributed by atoms with Gasteiger partial charge in [-0.2, -0.15) is 0 Å². The smallest absolute Gasteiger partial charge is 0.0478 e. The zero-order valence-electron chi connectivity index (χ0n) is 11.8. The predicted molar refractivity (Wildman–Crippen MR) is 74.4 cm³/mol. The van der Waals surface area contributed by atoms with E-state index in [0.29, 0.717) is 6.04 Å². The molecule has 0 aliphatic heterocycles. The molecule has 0 aromatic rings. The normalized spacial score (nSPS) is 19.4. The Hall–Kier alpha value is -0.0800. The van der Waals surface area contributed by atoms with Gasteiger partial charge in [0.15, 0.2) is 0 Å². The molecule has 0 radical (unpaired) electrons. The van der Waals surface area contributed by atoms with Crippen molar-refractivity contribution in [1.82, 2.24) is 5.32 Å². The molecule has 1 unspecified atom stereocenters. The molecule has 2 nitrogen and oxygen atoms in total. The molecule has 1 N–H and O–H groups in total. The molecule has 0 aromatic carbocycles. The summed E-state index contributed by atoms with van der Waals surface area (Å²) in [6.45, 7) is 7.54. The molecule has 0 amide bonds. The molecule has 0 aromatic heterocycles. The van der Waals surface area contributed by atoms with Gasteiger partial charge in [-0.1, -0.05) is 32.6 Å². The standard InChI is InChI=1S/C15H31NO/c1-3-4-12-17-13-8-11-16-14(2)15-9-6-5-7-10-15/h14-16H,3-13H2,1-2H3. The van der Waals surface area contributed by atoms with Crippen LogP contribution in [-0.4, -0.2) is 25.8 Å². The third kappa shape index (κ3) is 7.05. The summed E-state index contributed by atoms with van der Waals surface area (Å²) < 4.78 is 5.56. The van der Waals surface area contributed by atoms with Crippen molar-refractivity contribution >= 4 is 0 Å². The van der Waals surface area contributed by atoms with Crippen molar-refractivity contribution in [3.8, 4) is 0 Å². The summed E-state index contributed by atoms with van der Waals surface area (Å²) in [7, 11) is 0. The third-order valence-corrected chi connectivity index (χ3v) is 3.93. The molecule has 1 saturated carbocycles. The van der Waals surface area contributed by atoms with Gasteiger partial charge < -0.3 is 10.1 Å². The van der Waals surface area contributed by atoms with Crippen molar-refractivity contribution < 1.29 is 4.74 Å². The van der Waals surface area contributed by atoms with Crippen LogP contribution in [0.15, 0.2) is 0 Å². The summed E-state index contributed by atoms with van der Waals surface area (Å²) in [5.74, 6) is 0.921. The SMILES string of the molecule is CCCCOCCCNC(C)C1CCCCC1. The van der Waals surface area contributed by atoms with Crippen molar-refractivity contribution in [2.45, 2.75) is 71.3 Å². The first kappa shape index (κ1) is 15.0. The van der Waals surface area contributed by atoms with E-state index in [1.54, 1.807) is 0 Å². The first-order valence-electron chi connectivity index (χ1n) is 7.65. The van der Waals surface area contributed by atoms with E-state index in [1.807, 2.05) is 0 Å². The lowest BCUT2D eigenvalue weighted by Gasteiger charge is -2.28. The van der Waals surface area contributed by atoms with E-state index >= 15 is 0 Å². The number of hydrogen-bond acceptors (Lipinski definition) is 2. The van der Waals surface area contributed by atoms with E-state index in [-0.39, 0.29) is 0 Å². The fraction of sp³-hybridized carbons (Fsp3) is 1.00. The Balaban J connectivity index is 1.90. The maximum Gasteiger partial charge on any atom is 0.0478 e. The summed E-state index contributed by atoms with van der Waals surface area (Å²) in [6.07, 6.45) is 10.8. The highest BCUT2D eigenvalue weighted by Gasteiger charge is 2.18. The molecule has 1 fully saturated rings. The summed E-state index contributed by atoms with van der Waals surface area (Å²) in [5.41, 5.74) is 0. The number of rotatable bonds is 9. The monoisotopic (exact) mass is 241 g/mol. The quantitative estimate of drug-likeness (QED) is 0.621. The van der Waals surface area contributed by atoms with Crippen LogP contribution in [0.5, 0.6) is 0 Å². The highest BCUT2D eigenvalue weighted by molar-refractivity contribution is 4.75. The van der Waals surface area contributed by atoms with Crippen LogP contribution in [0, 0.1) is 5.92 Å². The molecule has 1 rings (SSSR count). The first-order chi connectivity index (χ1) is 8.34. The minimum atomic E-state index is 0.700. The van der Waals surface area contributed by atoms with Crippen LogP contribution in [0.1, 0.15) is 65.2 Å². The molecule has 0 saturated heterocycles. The molecule has 1 aliphatic rings. The van der Waals surface area contributed by atoms with Gasteiger partial charge in [-0.25, -0.2) is 0 Å². The first-order valence-corrected chi connectivity index (χ1v) is 7.65. The predicted octanol–water partition coefficient (Wildman–Crippen LogP) is 3.75. The highest BCUT2D eigenvalue weighted by atomic mass is 16.5. The summed E-state index contributed by atoms with van der Waals surface area (Å²) in [6, 6.07) is 0.700. The molecule has 102 valence electrons. The third-order valence-electron chi connectivity index (χ3n) is 3.93. The van der Waals surface area contributed by atoms with Crippen molar-refractivity contribution in [2.75, 3.05) is 19.8 Å². The maximum absolute atomic E-state index is 5.56. The molecular formula is C15H31NO. The Kier molecular flexibility index (Phi) is 8.72. The highest BCUT2D eigenvalue weighted by Crippen LogP contribution is 2.26. The minimum absolute atomic E-state index is 0.700. The van der Waals surface area contributed by atoms with Crippen LogP contribution in [0.25, 0.3) is 0 Å². The largest absolute Gasteiger partial charge is 0.381 e. The molecule has 0 spiro atoms. The lowest BCUT2D eigenvalue weighted by molar-refractivity contribution is 0.127. The average Bonchev–Trinajstić information content (AvgIpc) is 2.38. The molecule has 0 bridgehead atoms. The topological polar surface area (TPSA) is 21.3 Å². The number of unbranched alkanes of at least 4 members (excludes halogenated alkanes) is 1. The maximum atomic E-state index is 5.56. The molecule has 1 aliphatic carbocycles. The fourth-order valence-corrected chi connectivity index (χ4v) is 2.65. The van der Waals surface area contributed by atoms with E-state index in [0.717, 1.165) is 32.1 Å². The van der Waals surface area contributed by atoms with E-state index in [4.69, 9.17) is 4.74 Å². The fourth-order valence-electron chi connectivity index (χ4n) is 2.65. The number of hydrogen-bond donors (Lipinski definition) is 1. The van der Waals surface area contributed by atoms with E-state index in [9.17, 15) is 0 Å². The van der Waals surface area contributed by atoms with Crippen molar-refractivity contribution in [3.63, 3.8) is 0 Å². The summed E-state index contributed by atoms with van der Waals surface area (Å²) >= 11 is 0. The Labute approximate surface area is 108 Å². The van der Waals surface area contributed by atoms with Gasteiger partial charge >= 0.3 is 0 Å². The Morgan fingerprint density at radius 3 is 2.53 bits per heavy atom. The average molecular weight is 241 g/mol. The summed E-state index contributed by atoms with van der Waals surface area (Å²) in [4.78, 5) is 0. The lowest BCUT2D eigenvalue weighted by Crippen LogP contribution is -2.35. The molecule has 1 atom stereocenters. The van der Waals surface area contributed by atoms with Crippen LogP contribution in [-0.2, 0) is 4.74 Å². The number of ether oxygens (including phenoxy) is 1. The van der Waals surface area contributed by atoms with E-state index in [1.165, 1.54) is 44.9 Å². The number of nitrogens with one attached hydrogen (secondary N) is 1. The summed E-state index contributed by atoms with van der Waals surface area (Å²) in [5, 5.41) is 3.66. The lowest BCUT2D eigenvalue weighted by atomic mass is 9.84. The van der Waals surface area contributed by atoms with Crippen molar-refractivity contribution in [3.05, 3.63) is 0 Å². The Morgan fingerprint density at radius 2 is 1.82 bits per heavy atom. The Morgan fingerprint density at radius 1 is 1.12 bits per heavy atom. The van der Waals surface area contributed by atoms with Crippen LogP contribution < -0.4 is 5.32 Å². The van der Waals surface area contributed by atoms with Crippen molar-refractivity contribution in [2.24, 2.45) is 5.92 Å². The van der Waals surface area contributed by atoms with Gasteiger partial charge in [-0.15, -0.1) is 0 Å². The van der Waals surface area contributed by atoms with E-state index in [2.05, 4.69) is 19.2 Å². The van der Waals surface area contributed by atoms with Crippen LogP contribution >= 0.6 is 0 Å². The molecule has 0 heterocycles. The van der Waals surface area contributed by atoms with Gasteiger partial charge in [-0.05, 0) is 45.1 Å².